The highest BCUT2D eigenvalue weighted by Gasteiger charge is 2.11. The highest BCUT2D eigenvalue weighted by atomic mass is 127. The first-order valence-electron chi connectivity index (χ1n) is 6.27. The van der Waals surface area contributed by atoms with Gasteiger partial charge in [-0.3, -0.25) is 4.79 Å². The van der Waals surface area contributed by atoms with Crippen LogP contribution >= 0.6 is 34.2 Å². The Morgan fingerprint density at radius 1 is 1.38 bits per heavy atom. The maximum Gasteiger partial charge on any atom is 0.255 e. The fourth-order valence-electron chi connectivity index (χ4n) is 1.76. The lowest BCUT2D eigenvalue weighted by atomic mass is 10.1. The molecule has 0 spiro atoms. The minimum atomic E-state index is -0.219. The Labute approximate surface area is 141 Å². The fourth-order valence-corrected chi connectivity index (χ4v) is 2.77. The second-order valence-electron chi connectivity index (χ2n) is 4.31. The number of carbonyl (C=O) groups is 1. The molecule has 1 amide bonds. The molecule has 110 valence electrons. The van der Waals surface area contributed by atoms with Crippen molar-refractivity contribution in [1.29, 1.82) is 0 Å². The van der Waals surface area contributed by atoms with Crippen molar-refractivity contribution in [3.8, 4) is 0 Å². The molecule has 21 heavy (non-hydrogen) atoms. The number of hydrogen-bond acceptors (Lipinski definition) is 4. The normalized spacial score (nSPS) is 10.3. The maximum absolute atomic E-state index is 12.3. The number of nitrogens with one attached hydrogen (secondary N) is 2. The molecule has 4 N–H and O–H groups in total. The third-order valence-corrected chi connectivity index (χ3v) is 3.96. The van der Waals surface area contributed by atoms with Crippen LogP contribution in [0.4, 0.5) is 11.5 Å². The molecule has 0 saturated carbocycles. The zero-order chi connectivity index (χ0) is 15.4. The molecule has 2 rings (SSSR count). The van der Waals surface area contributed by atoms with Gasteiger partial charge in [0.15, 0.2) is 0 Å². The molecule has 0 atom stereocenters. The van der Waals surface area contributed by atoms with Crippen LogP contribution < -0.4 is 16.6 Å². The number of hydrogen-bond donors (Lipinski definition) is 3. The largest absolute Gasteiger partial charge is 0.321 e. The molecule has 0 saturated heterocycles. The van der Waals surface area contributed by atoms with E-state index in [0.717, 1.165) is 9.26 Å². The average Bonchev–Trinajstić information content (AvgIpc) is 2.49. The Kier molecular flexibility index (Phi) is 5.38. The minimum Gasteiger partial charge on any atom is -0.321 e. The van der Waals surface area contributed by atoms with Crippen molar-refractivity contribution in [1.82, 2.24) is 4.98 Å². The van der Waals surface area contributed by atoms with E-state index in [4.69, 9.17) is 17.4 Å². The van der Waals surface area contributed by atoms with Gasteiger partial charge in [-0.15, -0.1) is 0 Å². The maximum atomic E-state index is 12.3. The van der Waals surface area contributed by atoms with Gasteiger partial charge in [-0.05, 0) is 59.3 Å². The van der Waals surface area contributed by atoms with Gasteiger partial charge in [0.05, 0.1) is 5.69 Å². The van der Waals surface area contributed by atoms with E-state index in [-0.39, 0.29) is 5.91 Å². The highest BCUT2D eigenvalue weighted by Crippen LogP contribution is 2.23. The molecule has 0 bridgehead atoms. The van der Waals surface area contributed by atoms with Crippen molar-refractivity contribution in [3.05, 3.63) is 50.2 Å². The number of halogens is 2. The second kappa shape index (κ2) is 7.06. The van der Waals surface area contributed by atoms with E-state index in [1.54, 1.807) is 30.3 Å². The first-order chi connectivity index (χ1) is 10.0. The van der Waals surface area contributed by atoms with Crippen molar-refractivity contribution in [2.45, 2.75) is 13.3 Å². The van der Waals surface area contributed by atoms with Crippen LogP contribution in [0.3, 0.4) is 0 Å². The number of hydrazine groups is 1. The Bertz CT molecular complexity index is 656. The molecular weight excluding hydrogens is 403 g/mol. The Balaban J connectivity index is 2.27. The molecule has 5 nitrogen and oxygen atoms in total. The summed E-state index contributed by atoms with van der Waals surface area (Å²) >= 11 is 8.02. The minimum absolute atomic E-state index is 0.219. The van der Waals surface area contributed by atoms with Crippen molar-refractivity contribution >= 4 is 51.6 Å². The van der Waals surface area contributed by atoms with Gasteiger partial charge in [0, 0.05) is 19.9 Å². The smallest absolute Gasteiger partial charge is 0.255 e. The highest BCUT2D eigenvalue weighted by molar-refractivity contribution is 14.1. The van der Waals surface area contributed by atoms with Crippen LogP contribution in [-0.2, 0) is 6.42 Å². The van der Waals surface area contributed by atoms with Crippen LogP contribution in [0, 0.1) is 3.57 Å². The number of carbonyl (C=O) groups excluding carboxylic acids is 1. The number of benzene rings is 1. The van der Waals surface area contributed by atoms with E-state index in [9.17, 15) is 4.79 Å². The number of anilines is 2. The molecule has 0 radical (unpaired) electrons. The molecule has 0 aliphatic rings. The summed E-state index contributed by atoms with van der Waals surface area (Å²) in [4.78, 5) is 16.6. The summed E-state index contributed by atoms with van der Waals surface area (Å²) in [7, 11) is 0. The van der Waals surface area contributed by atoms with Crippen molar-refractivity contribution in [2.24, 2.45) is 5.84 Å². The summed E-state index contributed by atoms with van der Waals surface area (Å²) in [5.74, 6) is 5.62. The van der Waals surface area contributed by atoms with Gasteiger partial charge in [-0.1, -0.05) is 18.5 Å². The summed E-state index contributed by atoms with van der Waals surface area (Å²) < 4.78 is 0.871. The molecule has 2 aromatic rings. The molecule has 1 heterocycles. The summed E-state index contributed by atoms with van der Waals surface area (Å²) in [5, 5.41) is 3.48. The van der Waals surface area contributed by atoms with E-state index in [1.807, 2.05) is 6.92 Å². The molecule has 0 fully saturated rings. The van der Waals surface area contributed by atoms with Crippen LogP contribution in [0.25, 0.3) is 0 Å². The lowest BCUT2D eigenvalue weighted by Crippen LogP contribution is -2.16. The van der Waals surface area contributed by atoms with Crippen LogP contribution in [0.1, 0.15) is 23.0 Å². The number of aryl methyl sites for hydroxylation is 1. The molecule has 7 heteroatoms. The molecular formula is C14H14ClIN4O. The zero-order valence-electron chi connectivity index (χ0n) is 11.3. The number of aromatic nitrogens is 1. The van der Waals surface area contributed by atoms with Gasteiger partial charge in [0.25, 0.3) is 5.91 Å². The Morgan fingerprint density at radius 3 is 2.76 bits per heavy atom. The molecule has 1 aromatic carbocycles. The number of amides is 1. The van der Waals surface area contributed by atoms with Crippen LogP contribution in [0.15, 0.2) is 30.3 Å². The van der Waals surface area contributed by atoms with Gasteiger partial charge in [-0.25, -0.2) is 10.8 Å². The Morgan fingerprint density at radius 2 is 2.14 bits per heavy atom. The summed E-state index contributed by atoms with van der Waals surface area (Å²) in [5.41, 5.74) is 4.47. The Hall–Kier alpha value is -1.38. The second-order valence-corrected chi connectivity index (χ2v) is 5.91. The lowest BCUT2D eigenvalue weighted by Gasteiger charge is -2.10. The summed E-state index contributed by atoms with van der Waals surface area (Å²) in [6.45, 7) is 1.96. The quantitative estimate of drug-likeness (QED) is 0.405. The lowest BCUT2D eigenvalue weighted by molar-refractivity contribution is 0.102. The number of rotatable bonds is 4. The summed E-state index contributed by atoms with van der Waals surface area (Å²) in [6, 6.07) is 8.65. The van der Waals surface area contributed by atoms with Crippen LogP contribution in [0.2, 0.25) is 5.02 Å². The van der Waals surface area contributed by atoms with E-state index in [2.05, 4.69) is 38.3 Å². The molecule has 0 aliphatic carbocycles. The van der Waals surface area contributed by atoms with Gasteiger partial charge in [-0.2, -0.15) is 0 Å². The van der Waals surface area contributed by atoms with Crippen LogP contribution in [-0.4, -0.2) is 10.9 Å². The molecule has 1 aromatic heterocycles. The first kappa shape index (κ1) is 16.0. The standard InChI is InChI=1S/C14H14ClIN4O/c1-2-10-5-8(6-13(18-10)20-17)14(21)19-12-4-3-9(15)7-11(12)16/h3-7H,2,17H2,1H3,(H,18,20)(H,19,21). The molecule has 0 aliphatic heterocycles. The van der Waals surface area contributed by atoms with Crippen LogP contribution in [0.5, 0.6) is 0 Å². The number of nitrogens with zero attached hydrogens (tertiary/aromatic N) is 1. The van der Waals surface area contributed by atoms with Gasteiger partial charge in [0.1, 0.15) is 5.82 Å². The van der Waals surface area contributed by atoms with E-state index >= 15 is 0 Å². The van der Waals surface area contributed by atoms with E-state index < -0.39 is 0 Å². The predicted octanol–water partition coefficient (Wildman–Crippen LogP) is 3.44. The monoisotopic (exact) mass is 416 g/mol. The van der Waals surface area contributed by atoms with Crippen molar-refractivity contribution in [2.75, 3.05) is 10.7 Å². The van der Waals surface area contributed by atoms with Gasteiger partial charge >= 0.3 is 0 Å². The first-order valence-corrected chi connectivity index (χ1v) is 7.73. The third-order valence-electron chi connectivity index (χ3n) is 2.83. The van der Waals surface area contributed by atoms with Gasteiger partial charge in [0.2, 0.25) is 0 Å². The van der Waals surface area contributed by atoms with Crippen molar-refractivity contribution in [3.63, 3.8) is 0 Å². The van der Waals surface area contributed by atoms with Gasteiger partial charge < -0.3 is 10.7 Å². The topological polar surface area (TPSA) is 80.0 Å². The average molecular weight is 417 g/mol. The third kappa shape index (κ3) is 4.05. The van der Waals surface area contributed by atoms with Crippen molar-refractivity contribution < 1.29 is 4.79 Å². The van der Waals surface area contributed by atoms with E-state index in [0.29, 0.717) is 28.5 Å². The number of nitrogen functional groups attached to an aromatic ring is 1. The fraction of sp³-hybridized carbons (Fsp3) is 0.143. The number of nitrogens with two attached hydrogens (primary N) is 1. The number of pyridine rings is 1. The SMILES string of the molecule is CCc1cc(C(=O)Nc2ccc(Cl)cc2I)cc(NN)n1. The predicted molar refractivity (Wildman–Crippen MR) is 93.5 cm³/mol. The molecule has 0 unspecified atom stereocenters. The summed E-state index contributed by atoms with van der Waals surface area (Å²) in [6.07, 6.45) is 0.717. The van der Waals surface area contributed by atoms with E-state index in [1.165, 1.54) is 0 Å². The zero-order valence-corrected chi connectivity index (χ0v) is 14.2.